The molecule has 0 fully saturated rings. The second-order valence-electron chi connectivity index (χ2n) is 6.84. The molecule has 4 aromatic rings. The van der Waals surface area contributed by atoms with Gasteiger partial charge in [0.05, 0.1) is 0 Å². The van der Waals surface area contributed by atoms with E-state index < -0.39 is 13.3 Å². The molecule has 0 saturated carbocycles. The molecule has 0 saturated heterocycles. The van der Waals surface area contributed by atoms with Gasteiger partial charge in [-0.05, 0) is 0 Å². The maximum atomic E-state index is 6.27. The molecule has 0 aliphatic rings. The zero-order valence-corrected chi connectivity index (χ0v) is 18.4. The summed E-state index contributed by atoms with van der Waals surface area (Å²) < 4.78 is 7.67. The van der Waals surface area contributed by atoms with Crippen LogP contribution in [-0.4, -0.2) is 18.3 Å². The second kappa shape index (κ2) is 6.47. The topological polar surface area (TPSA) is 26.0 Å². The summed E-state index contributed by atoms with van der Waals surface area (Å²) in [6.45, 7) is 0. The summed E-state index contributed by atoms with van der Waals surface area (Å²) in [6, 6.07) is 19.7. The number of rotatable bonds is 2. The van der Waals surface area contributed by atoms with Crippen LogP contribution in [0.3, 0.4) is 0 Å². The molecule has 2 aromatic heterocycles. The molecule has 0 bridgehead atoms. The van der Waals surface area contributed by atoms with Gasteiger partial charge in [0, 0.05) is 20.1 Å². The minimum atomic E-state index is -2.01. The first-order valence-electron chi connectivity index (χ1n) is 7.83. The number of benzene rings is 2. The van der Waals surface area contributed by atoms with Crippen molar-refractivity contribution in [2.75, 3.05) is 0 Å². The van der Waals surface area contributed by atoms with Crippen molar-refractivity contribution < 1.29 is 24.5 Å². The summed E-state index contributed by atoms with van der Waals surface area (Å²) in [5, 5.41) is 2.26. The van der Waals surface area contributed by atoms with Crippen LogP contribution >= 0.6 is 0 Å². The fourth-order valence-electron chi connectivity index (χ4n) is 3.08. The monoisotopic (exact) mass is 555 g/mol. The second-order valence-corrected chi connectivity index (χ2v) is 17.4. The van der Waals surface area contributed by atoms with Crippen LogP contribution in [0.5, 0.6) is 0 Å². The van der Waals surface area contributed by atoms with Gasteiger partial charge >= 0.3 is 138 Å². The van der Waals surface area contributed by atoms with Crippen molar-refractivity contribution in [2.45, 2.75) is 17.3 Å². The summed E-state index contributed by atoms with van der Waals surface area (Å²) in [7, 11) is 0. The van der Waals surface area contributed by atoms with Crippen LogP contribution in [0.2, 0.25) is 17.3 Å². The van der Waals surface area contributed by atoms with Crippen LogP contribution in [0.1, 0.15) is 0 Å². The van der Waals surface area contributed by atoms with Crippen molar-refractivity contribution >= 4 is 39.6 Å². The summed E-state index contributed by atoms with van der Waals surface area (Å²) in [4.78, 5) is 4.62. The van der Waals surface area contributed by atoms with E-state index in [1.165, 1.54) is 9.78 Å². The Balaban J connectivity index is 0.00000169. The van der Waals surface area contributed by atoms with E-state index in [9.17, 15) is 0 Å². The van der Waals surface area contributed by atoms with Gasteiger partial charge in [-0.3, -0.25) is 0 Å². The molecule has 0 amide bonds. The van der Waals surface area contributed by atoms with E-state index in [1.54, 1.807) is 0 Å². The van der Waals surface area contributed by atoms with Gasteiger partial charge in [0.1, 0.15) is 0 Å². The molecule has 0 spiro atoms. The van der Waals surface area contributed by atoms with Crippen LogP contribution in [-0.2, 0) is 20.1 Å². The summed E-state index contributed by atoms with van der Waals surface area (Å²) >= 11 is -2.01. The summed E-state index contributed by atoms with van der Waals surface area (Å²) in [6.07, 6.45) is 1.82. The van der Waals surface area contributed by atoms with Crippen molar-refractivity contribution in [1.82, 2.24) is 4.98 Å². The van der Waals surface area contributed by atoms with Gasteiger partial charge in [0.25, 0.3) is 0 Å². The summed E-state index contributed by atoms with van der Waals surface area (Å²) in [5.41, 5.74) is 3.89. The van der Waals surface area contributed by atoms with Crippen LogP contribution in [0.15, 0.2) is 59.1 Å². The van der Waals surface area contributed by atoms with Crippen molar-refractivity contribution in [3.05, 3.63) is 60.8 Å². The largest absolute Gasteiger partial charge is 0 e. The normalized spacial score (nSPS) is 11.6. The van der Waals surface area contributed by atoms with Crippen LogP contribution in [0.25, 0.3) is 33.2 Å². The molecule has 2 heterocycles. The molecule has 0 aliphatic heterocycles. The Hall–Kier alpha value is -1.42. The number of para-hydroxylation sites is 1. The van der Waals surface area contributed by atoms with Crippen LogP contribution < -0.4 is 4.40 Å². The minimum Gasteiger partial charge on any atom is 0 e. The third-order valence-electron chi connectivity index (χ3n) is 4.18. The number of fused-ring (bicyclic) bond motifs is 3. The third kappa shape index (κ3) is 2.85. The summed E-state index contributed by atoms with van der Waals surface area (Å²) in [5.74, 6) is 7.18. The maximum absolute atomic E-state index is 6.27. The standard InChI is InChI=1S/C20H18GeNO.Ir/c1-21(2,3)16-11-7-10-15-18-17(23-20(15)16)12-13-22-19(18)14-8-5-4-6-9-14;/h4-8,10-13H,1-3H3;/q-1;. The van der Waals surface area contributed by atoms with Crippen molar-refractivity contribution in [2.24, 2.45) is 0 Å². The molecule has 2 aromatic carbocycles. The van der Waals surface area contributed by atoms with Crippen LogP contribution in [0.4, 0.5) is 0 Å². The first-order valence-corrected chi connectivity index (χ1v) is 15.2. The first-order chi connectivity index (χ1) is 11.1. The van der Waals surface area contributed by atoms with Gasteiger partial charge < -0.3 is 0 Å². The fraction of sp³-hybridized carbons (Fsp3) is 0.150. The quantitative estimate of drug-likeness (QED) is 0.259. The zero-order chi connectivity index (χ0) is 16.0. The van der Waals surface area contributed by atoms with E-state index in [4.69, 9.17) is 4.42 Å². The SMILES string of the molecule is [CH3][Ge]([CH3])([CH3])[c]1cccc2c1oc1ccnc(-c3[c-]cccc3)c12.[Ir]. The molecule has 1 radical (unpaired) electrons. The van der Waals surface area contributed by atoms with E-state index in [2.05, 4.69) is 46.5 Å². The Morgan fingerprint density at radius 1 is 1.00 bits per heavy atom. The van der Waals surface area contributed by atoms with E-state index >= 15 is 0 Å². The van der Waals surface area contributed by atoms with E-state index in [0.29, 0.717) is 0 Å². The minimum absolute atomic E-state index is 0. The molecule has 123 valence electrons. The molecule has 0 aliphatic carbocycles. The number of nitrogens with zero attached hydrogens (tertiary/aromatic N) is 1. The van der Waals surface area contributed by atoms with Gasteiger partial charge in [-0.2, -0.15) is 0 Å². The third-order valence-corrected chi connectivity index (χ3v) is 8.40. The average molecular weight is 553 g/mol. The molecule has 2 nitrogen and oxygen atoms in total. The molecule has 0 N–H and O–H groups in total. The maximum Gasteiger partial charge on any atom is 0 e. The van der Waals surface area contributed by atoms with E-state index in [-0.39, 0.29) is 20.1 Å². The predicted octanol–water partition coefficient (Wildman–Crippen LogP) is 4.99. The Morgan fingerprint density at radius 2 is 1.83 bits per heavy atom. The first kappa shape index (κ1) is 17.4. The Morgan fingerprint density at radius 3 is 2.54 bits per heavy atom. The molecule has 24 heavy (non-hydrogen) atoms. The molecular formula is C20H18GeIrNO-. The fourth-order valence-corrected chi connectivity index (χ4v) is 6.15. The van der Waals surface area contributed by atoms with Crippen LogP contribution in [0, 0.1) is 6.07 Å². The molecule has 0 atom stereocenters. The molecule has 4 heteroatoms. The number of hydrogen-bond acceptors (Lipinski definition) is 2. The van der Waals surface area contributed by atoms with Gasteiger partial charge in [0.2, 0.25) is 0 Å². The van der Waals surface area contributed by atoms with Crippen molar-refractivity contribution in [1.29, 1.82) is 0 Å². The number of furan rings is 1. The zero-order valence-electron chi connectivity index (χ0n) is 13.9. The van der Waals surface area contributed by atoms with E-state index in [0.717, 1.165) is 27.8 Å². The van der Waals surface area contributed by atoms with Gasteiger partial charge in [-0.15, -0.1) is 0 Å². The van der Waals surface area contributed by atoms with Crippen molar-refractivity contribution in [3.8, 4) is 11.3 Å². The van der Waals surface area contributed by atoms with E-state index in [1.807, 2.05) is 36.5 Å². The van der Waals surface area contributed by atoms with Gasteiger partial charge in [-0.25, -0.2) is 0 Å². The molecule has 4 rings (SSSR count). The average Bonchev–Trinajstić information content (AvgIpc) is 2.93. The Labute approximate surface area is 158 Å². The smallest absolute Gasteiger partial charge is 0 e. The van der Waals surface area contributed by atoms with Crippen molar-refractivity contribution in [3.63, 3.8) is 0 Å². The Kier molecular flexibility index (Phi) is 4.69. The molecule has 0 unspecified atom stereocenters. The number of hydrogen-bond donors (Lipinski definition) is 0. The number of aromatic nitrogens is 1. The predicted molar refractivity (Wildman–Crippen MR) is 98.8 cm³/mol. The molecular weight excluding hydrogens is 535 g/mol. The Bertz CT molecular complexity index is 1000. The number of pyridine rings is 1. The van der Waals surface area contributed by atoms with Gasteiger partial charge in [-0.1, -0.05) is 0 Å². The van der Waals surface area contributed by atoms with Gasteiger partial charge in [0.15, 0.2) is 0 Å².